The van der Waals surface area contributed by atoms with Gasteiger partial charge in [0.2, 0.25) is 0 Å². The second-order valence-electron chi connectivity index (χ2n) is 7.68. The van der Waals surface area contributed by atoms with E-state index in [2.05, 4.69) is 10.3 Å². The second kappa shape index (κ2) is 9.65. The molecule has 0 aliphatic carbocycles. The first-order valence-electron chi connectivity index (χ1n) is 10.2. The van der Waals surface area contributed by atoms with Crippen molar-refractivity contribution in [2.75, 3.05) is 13.1 Å². The molecule has 0 fully saturated rings. The summed E-state index contributed by atoms with van der Waals surface area (Å²) in [4.78, 5) is 15.1. The summed E-state index contributed by atoms with van der Waals surface area (Å²) in [5.74, 6) is -1.18. The second-order valence-corrected chi connectivity index (χ2v) is 8.09. The van der Waals surface area contributed by atoms with E-state index < -0.39 is 17.9 Å². The first-order chi connectivity index (χ1) is 15.4. The summed E-state index contributed by atoms with van der Waals surface area (Å²) >= 11 is 6.02. The molecule has 1 aromatic heterocycles. The maximum Gasteiger partial charge on any atom is 0.337 e. The van der Waals surface area contributed by atoms with Crippen molar-refractivity contribution in [1.82, 2.24) is 10.3 Å². The van der Waals surface area contributed by atoms with Crippen LogP contribution in [-0.4, -0.2) is 40.4 Å². The number of aromatic nitrogens is 1. The number of carbonyl (C=O) groups is 1. The van der Waals surface area contributed by atoms with E-state index in [9.17, 15) is 14.3 Å². The third kappa shape index (κ3) is 4.91. The third-order valence-electron chi connectivity index (χ3n) is 5.47. The smallest absolute Gasteiger partial charge is 0.337 e. The molecule has 2 aromatic carbocycles. The highest BCUT2D eigenvalue weighted by Crippen LogP contribution is 2.34. The molecule has 0 bridgehead atoms. The van der Waals surface area contributed by atoms with E-state index >= 15 is 0 Å². The van der Waals surface area contributed by atoms with Crippen molar-refractivity contribution in [2.24, 2.45) is 0 Å². The predicted octanol–water partition coefficient (Wildman–Crippen LogP) is 4.26. The van der Waals surface area contributed by atoms with E-state index in [0.717, 1.165) is 35.8 Å². The third-order valence-corrected chi connectivity index (χ3v) is 5.78. The molecule has 8 heteroatoms. The number of halogens is 2. The molecule has 0 amide bonds. The van der Waals surface area contributed by atoms with Crippen LogP contribution in [0, 0.1) is 5.82 Å². The highest BCUT2D eigenvalue weighted by atomic mass is 35.5. The van der Waals surface area contributed by atoms with Gasteiger partial charge in [-0.2, -0.15) is 0 Å². The largest absolute Gasteiger partial charge is 0.489 e. The van der Waals surface area contributed by atoms with Gasteiger partial charge in [-0.3, -0.25) is 4.98 Å². The molecule has 0 saturated carbocycles. The highest BCUT2D eigenvalue weighted by molar-refractivity contribution is 6.33. The Morgan fingerprint density at radius 3 is 2.91 bits per heavy atom. The normalized spacial score (nSPS) is 16.2. The lowest BCUT2D eigenvalue weighted by atomic mass is 9.96. The molecular weight excluding hydrogens is 435 g/mol. The van der Waals surface area contributed by atoms with Gasteiger partial charge in [-0.05, 0) is 54.3 Å². The summed E-state index contributed by atoms with van der Waals surface area (Å²) in [5, 5.41) is 22.5. The maximum atomic E-state index is 14.5. The Bertz CT molecular complexity index is 1130. The average Bonchev–Trinajstić information content (AvgIpc) is 2.80. The molecule has 3 N–H and O–H groups in total. The van der Waals surface area contributed by atoms with Gasteiger partial charge in [0.25, 0.3) is 0 Å². The Morgan fingerprint density at radius 1 is 1.31 bits per heavy atom. The minimum Gasteiger partial charge on any atom is -0.489 e. The molecule has 166 valence electrons. The fourth-order valence-electron chi connectivity index (χ4n) is 3.76. The van der Waals surface area contributed by atoms with Gasteiger partial charge in [0.1, 0.15) is 17.7 Å². The van der Waals surface area contributed by atoms with Crippen molar-refractivity contribution in [3.63, 3.8) is 0 Å². The number of aliphatic hydroxyl groups excluding tert-OH is 1. The van der Waals surface area contributed by atoms with Gasteiger partial charge in [-0.15, -0.1) is 0 Å². The number of nitrogens with one attached hydrogen (secondary N) is 1. The van der Waals surface area contributed by atoms with Crippen LogP contribution in [0.5, 0.6) is 5.75 Å². The molecule has 0 radical (unpaired) electrons. The van der Waals surface area contributed by atoms with E-state index in [1.54, 1.807) is 30.6 Å². The standard InChI is InChI=1S/C24H22ClFN2O4/c25-20-9-18(21(26)10-19(20)24(30)31)14-4-6-23-15(8-14)3-5-17(32-23)12-28-13-22(29)16-2-1-7-27-11-16/h1-2,4,6-11,17,22,28-29H,3,5,12-13H2,(H,30,31)/t17-,22-/m1/s1. The van der Waals surface area contributed by atoms with Gasteiger partial charge in [-0.1, -0.05) is 23.7 Å². The van der Waals surface area contributed by atoms with Gasteiger partial charge >= 0.3 is 5.97 Å². The number of hydrogen-bond donors (Lipinski definition) is 3. The minimum absolute atomic E-state index is 0.0116. The summed E-state index contributed by atoms with van der Waals surface area (Å²) in [6, 6.07) is 11.3. The summed E-state index contributed by atoms with van der Waals surface area (Å²) in [7, 11) is 0. The van der Waals surface area contributed by atoms with Crippen LogP contribution in [0.3, 0.4) is 0 Å². The van der Waals surface area contributed by atoms with Crippen molar-refractivity contribution >= 4 is 17.6 Å². The minimum atomic E-state index is -1.27. The van der Waals surface area contributed by atoms with Crippen LogP contribution < -0.4 is 10.1 Å². The number of pyridine rings is 1. The molecule has 4 rings (SSSR count). The van der Waals surface area contributed by atoms with Crippen LogP contribution in [0.15, 0.2) is 54.9 Å². The number of rotatable bonds is 7. The van der Waals surface area contributed by atoms with Crippen LogP contribution in [-0.2, 0) is 6.42 Å². The number of aryl methyl sites for hydroxylation is 1. The number of fused-ring (bicyclic) bond motifs is 1. The van der Waals surface area contributed by atoms with Crippen LogP contribution in [0.1, 0.15) is 34.0 Å². The molecule has 0 saturated heterocycles. The molecular formula is C24H22ClFN2O4. The van der Waals surface area contributed by atoms with Crippen LogP contribution in [0.25, 0.3) is 11.1 Å². The summed E-state index contributed by atoms with van der Waals surface area (Å²) in [6.45, 7) is 0.975. The lowest BCUT2D eigenvalue weighted by Gasteiger charge is -2.27. The Labute approximate surface area is 189 Å². The zero-order chi connectivity index (χ0) is 22.7. The topological polar surface area (TPSA) is 91.7 Å². The summed E-state index contributed by atoms with van der Waals surface area (Å²) in [5.41, 5.74) is 2.30. The van der Waals surface area contributed by atoms with Gasteiger partial charge in [0.15, 0.2) is 0 Å². The zero-order valence-electron chi connectivity index (χ0n) is 17.1. The van der Waals surface area contributed by atoms with Crippen molar-refractivity contribution in [2.45, 2.75) is 25.0 Å². The Balaban J connectivity index is 1.40. The SMILES string of the molecule is O=C(O)c1cc(F)c(-c2ccc3c(c2)CC[C@H](CNC[C@@H](O)c2cccnc2)O3)cc1Cl. The van der Waals surface area contributed by atoms with Gasteiger partial charge < -0.3 is 20.3 Å². The summed E-state index contributed by atoms with van der Waals surface area (Å²) < 4.78 is 20.6. The average molecular weight is 457 g/mol. The van der Waals surface area contributed by atoms with Crippen molar-refractivity contribution in [1.29, 1.82) is 0 Å². The number of hydrogen-bond acceptors (Lipinski definition) is 5. The number of ether oxygens (including phenoxy) is 1. The number of nitrogens with zero attached hydrogens (tertiary/aromatic N) is 1. The van der Waals surface area contributed by atoms with Crippen LogP contribution in [0.2, 0.25) is 5.02 Å². The Morgan fingerprint density at radius 2 is 2.16 bits per heavy atom. The molecule has 3 aromatic rings. The van der Waals surface area contributed by atoms with Crippen molar-refractivity contribution in [3.05, 3.63) is 82.4 Å². The lowest BCUT2D eigenvalue weighted by Crippen LogP contribution is -2.36. The fraction of sp³-hybridized carbons (Fsp3) is 0.250. The number of carboxylic acid groups (broad SMARTS) is 1. The van der Waals surface area contributed by atoms with Crippen LogP contribution >= 0.6 is 11.6 Å². The molecule has 0 unspecified atom stereocenters. The van der Waals surface area contributed by atoms with Gasteiger partial charge in [0.05, 0.1) is 16.7 Å². The van der Waals surface area contributed by atoms with E-state index in [4.69, 9.17) is 21.4 Å². The first-order valence-corrected chi connectivity index (χ1v) is 10.6. The lowest BCUT2D eigenvalue weighted by molar-refractivity contribution is 0.0696. The highest BCUT2D eigenvalue weighted by Gasteiger charge is 2.22. The number of aromatic carboxylic acids is 1. The number of benzene rings is 2. The Kier molecular flexibility index (Phi) is 6.69. The van der Waals surface area contributed by atoms with Gasteiger partial charge in [0, 0.05) is 36.6 Å². The maximum absolute atomic E-state index is 14.5. The van der Waals surface area contributed by atoms with E-state index in [0.29, 0.717) is 18.7 Å². The molecule has 1 aliphatic rings. The molecule has 2 atom stereocenters. The monoisotopic (exact) mass is 456 g/mol. The number of carboxylic acids is 1. The molecule has 0 spiro atoms. The van der Waals surface area contributed by atoms with Crippen molar-refractivity contribution in [3.8, 4) is 16.9 Å². The predicted molar refractivity (Wildman–Crippen MR) is 119 cm³/mol. The van der Waals surface area contributed by atoms with Gasteiger partial charge in [-0.25, -0.2) is 9.18 Å². The summed E-state index contributed by atoms with van der Waals surface area (Å²) in [6.07, 6.45) is 4.14. The van der Waals surface area contributed by atoms with E-state index in [1.165, 1.54) is 6.07 Å². The quantitative estimate of drug-likeness (QED) is 0.492. The molecule has 32 heavy (non-hydrogen) atoms. The van der Waals surface area contributed by atoms with Crippen LogP contribution in [0.4, 0.5) is 4.39 Å². The molecule has 2 heterocycles. The zero-order valence-corrected chi connectivity index (χ0v) is 17.8. The molecule has 1 aliphatic heterocycles. The Hall–Kier alpha value is -3.00. The number of aliphatic hydroxyl groups is 1. The first kappa shape index (κ1) is 22.2. The van der Waals surface area contributed by atoms with E-state index in [1.807, 2.05) is 12.1 Å². The fourth-order valence-corrected chi connectivity index (χ4v) is 4.00. The van der Waals surface area contributed by atoms with E-state index in [-0.39, 0.29) is 22.3 Å². The van der Waals surface area contributed by atoms with Crippen molar-refractivity contribution < 1.29 is 24.1 Å². The molecule has 6 nitrogen and oxygen atoms in total.